The molecule has 0 saturated heterocycles. The van der Waals surface area contributed by atoms with Crippen LogP contribution in [0, 0.1) is 17.5 Å². The van der Waals surface area contributed by atoms with Gasteiger partial charge < -0.3 is 4.74 Å². The van der Waals surface area contributed by atoms with Crippen LogP contribution in [-0.2, 0) is 6.61 Å². The average Bonchev–Trinajstić information content (AvgIpc) is 2.40. The molecule has 0 aliphatic carbocycles. The molecule has 0 fully saturated rings. The van der Waals surface area contributed by atoms with Crippen LogP contribution in [0.15, 0.2) is 36.4 Å². The summed E-state index contributed by atoms with van der Waals surface area (Å²) in [5.74, 6) is -2.89. The summed E-state index contributed by atoms with van der Waals surface area (Å²) in [5, 5.41) is 0. The fraction of sp³-hybridized carbons (Fsp3) is 0.133. The second kappa shape index (κ2) is 5.77. The lowest BCUT2D eigenvalue weighted by Crippen LogP contribution is -2.04. The third-order valence-corrected chi connectivity index (χ3v) is 2.74. The molecular formula is C15H11F3O2. The molecule has 0 aliphatic rings. The second-order valence-electron chi connectivity index (χ2n) is 4.20. The minimum absolute atomic E-state index is 0.00108. The van der Waals surface area contributed by atoms with E-state index in [1.165, 1.54) is 25.1 Å². The average molecular weight is 280 g/mol. The van der Waals surface area contributed by atoms with Crippen molar-refractivity contribution in [3.8, 4) is 5.75 Å². The molecule has 0 unspecified atom stereocenters. The monoisotopic (exact) mass is 280 g/mol. The molecule has 2 nitrogen and oxygen atoms in total. The molecule has 0 aromatic heterocycles. The Labute approximate surface area is 113 Å². The van der Waals surface area contributed by atoms with E-state index in [1.54, 1.807) is 0 Å². The summed E-state index contributed by atoms with van der Waals surface area (Å²) in [5.41, 5.74) is 0.173. The molecule has 0 saturated carbocycles. The molecule has 0 spiro atoms. The van der Waals surface area contributed by atoms with Crippen molar-refractivity contribution in [3.05, 3.63) is 65.0 Å². The van der Waals surface area contributed by atoms with Gasteiger partial charge in [0.2, 0.25) is 0 Å². The van der Waals surface area contributed by atoms with Gasteiger partial charge in [0, 0.05) is 11.6 Å². The highest BCUT2D eigenvalue weighted by atomic mass is 19.2. The van der Waals surface area contributed by atoms with Crippen LogP contribution in [0.3, 0.4) is 0 Å². The standard InChI is InChI=1S/C15H11F3O2/c1-9(19)12-6-5-11(16)7-14(12)20-8-10-3-2-4-13(17)15(10)18/h2-7H,8H2,1H3. The second-order valence-corrected chi connectivity index (χ2v) is 4.20. The van der Waals surface area contributed by atoms with Gasteiger partial charge in [0.15, 0.2) is 17.4 Å². The Balaban J connectivity index is 2.24. The third-order valence-electron chi connectivity index (χ3n) is 2.74. The Kier molecular flexibility index (Phi) is 4.08. The van der Waals surface area contributed by atoms with Gasteiger partial charge in [-0.05, 0) is 25.1 Å². The Morgan fingerprint density at radius 2 is 1.90 bits per heavy atom. The van der Waals surface area contributed by atoms with Crippen molar-refractivity contribution in [1.29, 1.82) is 0 Å². The molecule has 2 aromatic rings. The minimum Gasteiger partial charge on any atom is -0.488 e. The van der Waals surface area contributed by atoms with E-state index in [1.807, 2.05) is 0 Å². The first-order valence-corrected chi connectivity index (χ1v) is 5.85. The normalized spacial score (nSPS) is 10.4. The molecule has 20 heavy (non-hydrogen) atoms. The number of benzene rings is 2. The van der Waals surface area contributed by atoms with Crippen molar-refractivity contribution in [2.45, 2.75) is 13.5 Å². The summed E-state index contributed by atoms with van der Waals surface area (Å²) in [6.07, 6.45) is 0. The Morgan fingerprint density at radius 3 is 2.60 bits per heavy atom. The highest BCUT2D eigenvalue weighted by molar-refractivity contribution is 5.96. The Bertz CT molecular complexity index is 654. The summed E-state index contributed by atoms with van der Waals surface area (Å²) in [4.78, 5) is 11.4. The number of ether oxygens (including phenoxy) is 1. The number of rotatable bonds is 4. The van der Waals surface area contributed by atoms with Crippen LogP contribution in [-0.4, -0.2) is 5.78 Å². The van der Waals surface area contributed by atoms with Gasteiger partial charge in [0.25, 0.3) is 0 Å². The Morgan fingerprint density at radius 1 is 1.15 bits per heavy atom. The maximum absolute atomic E-state index is 13.4. The van der Waals surface area contributed by atoms with E-state index >= 15 is 0 Å². The van der Waals surface area contributed by atoms with Crippen molar-refractivity contribution < 1.29 is 22.7 Å². The van der Waals surface area contributed by atoms with Crippen LogP contribution < -0.4 is 4.74 Å². The van der Waals surface area contributed by atoms with Gasteiger partial charge in [0.05, 0.1) is 5.56 Å². The lowest BCUT2D eigenvalue weighted by molar-refractivity contribution is 0.101. The van der Waals surface area contributed by atoms with E-state index in [0.29, 0.717) is 0 Å². The van der Waals surface area contributed by atoms with Crippen molar-refractivity contribution in [2.75, 3.05) is 0 Å². The van der Waals surface area contributed by atoms with Crippen LogP contribution in [0.1, 0.15) is 22.8 Å². The van der Waals surface area contributed by atoms with Crippen LogP contribution in [0.2, 0.25) is 0 Å². The molecule has 104 valence electrons. The predicted molar refractivity (Wildman–Crippen MR) is 67.1 cm³/mol. The summed E-state index contributed by atoms with van der Waals surface area (Å²) in [6.45, 7) is 1.01. The first-order chi connectivity index (χ1) is 9.49. The van der Waals surface area contributed by atoms with Crippen LogP contribution >= 0.6 is 0 Å². The molecule has 2 aromatic carbocycles. The van der Waals surface area contributed by atoms with E-state index in [0.717, 1.165) is 18.2 Å². The molecular weight excluding hydrogens is 269 g/mol. The van der Waals surface area contributed by atoms with Crippen molar-refractivity contribution in [3.63, 3.8) is 0 Å². The molecule has 2 rings (SSSR count). The maximum Gasteiger partial charge on any atom is 0.165 e. The summed E-state index contributed by atoms with van der Waals surface area (Å²) >= 11 is 0. The number of hydrogen-bond acceptors (Lipinski definition) is 2. The third kappa shape index (κ3) is 2.99. The quantitative estimate of drug-likeness (QED) is 0.794. The first-order valence-electron chi connectivity index (χ1n) is 5.85. The molecule has 0 atom stereocenters. The van der Waals surface area contributed by atoms with Gasteiger partial charge in [0.1, 0.15) is 18.2 Å². The number of carbonyl (C=O) groups excluding carboxylic acids is 1. The van der Waals surface area contributed by atoms with Crippen molar-refractivity contribution >= 4 is 5.78 Å². The van der Waals surface area contributed by atoms with Crippen LogP contribution in [0.4, 0.5) is 13.2 Å². The van der Waals surface area contributed by atoms with Gasteiger partial charge in [-0.1, -0.05) is 12.1 Å². The molecule has 0 amide bonds. The zero-order valence-electron chi connectivity index (χ0n) is 10.6. The minimum atomic E-state index is -1.02. The summed E-state index contributed by atoms with van der Waals surface area (Å²) in [7, 11) is 0. The van der Waals surface area contributed by atoms with Crippen LogP contribution in [0.25, 0.3) is 0 Å². The largest absolute Gasteiger partial charge is 0.488 e. The topological polar surface area (TPSA) is 26.3 Å². The molecule has 0 heterocycles. The van der Waals surface area contributed by atoms with Gasteiger partial charge in [-0.25, -0.2) is 13.2 Å². The number of hydrogen-bond donors (Lipinski definition) is 0. The van der Waals surface area contributed by atoms with Crippen LogP contribution in [0.5, 0.6) is 5.75 Å². The van der Waals surface area contributed by atoms with E-state index in [2.05, 4.69) is 0 Å². The number of carbonyl (C=O) groups is 1. The number of halogens is 3. The summed E-state index contributed by atoms with van der Waals surface area (Å²) < 4.78 is 44.9. The lowest BCUT2D eigenvalue weighted by Gasteiger charge is -2.10. The number of Topliss-reactive ketones (excluding diaryl/α,β-unsaturated/α-hetero) is 1. The zero-order chi connectivity index (χ0) is 14.7. The number of ketones is 1. The van der Waals surface area contributed by atoms with E-state index in [9.17, 15) is 18.0 Å². The van der Waals surface area contributed by atoms with E-state index < -0.39 is 17.5 Å². The van der Waals surface area contributed by atoms with Crippen molar-refractivity contribution in [2.24, 2.45) is 0 Å². The van der Waals surface area contributed by atoms with E-state index in [4.69, 9.17) is 4.74 Å². The SMILES string of the molecule is CC(=O)c1ccc(F)cc1OCc1cccc(F)c1F. The Hall–Kier alpha value is -2.30. The highest BCUT2D eigenvalue weighted by Crippen LogP contribution is 2.22. The smallest absolute Gasteiger partial charge is 0.165 e. The molecule has 0 bridgehead atoms. The van der Waals surface area contributed by atoms with Gasteiger partial charge in [-0.15, -0.1) is 0 Å². The van der Waals surface area contributed by atoms with E-state index in [-0.39, 0.29) is 29.3 Å². The molecule has 5 heteroatoms. The maximum atomic E-state index is 13.4. The molecule has 0 N–H and O–H groups in total. The van der Waals surface area contributed by atoms with Crippen molar-refractivity contribution in [1.82, 2.24) is 0 Å². The zero-order valence-corrected chi connectivity index (χ0v) is 10.6. The molecule has 0 radical (unpaired) electrons. The van der Waals surface area contributed by atoms with Gasteiger partial charge in [-0.2, -0.15) is 0 Å². The lowest BCUT2D eigenvalue weighted by atomic mass is 10.1. The fourth-order valence-electron chi connectivity index (χ4n) is 1.72. The molecule has 0 aliphatic heterocycles. The van der Waals surface area contributed by atoms with Gasteiger partial charge >= 0.3 is 0 Å². The summed E-state index contributed by atoms with van der Waals surface area (Å²) in [6, 6.07) is 7.14. The predicted octanol–water partition coefficient (Wildman–Crippen LogP) is 3.89. The first kappa shape index (κ1) is 14.1. The fourth-order valence-corrected chi connectivity index (χ4v) is 1.72. The highest BCUT2D eigenvalue weighted by Gasteiger charge is 2.12. The van der Waals surface area contributed by atoms with Gasteiger partial charge in [-0.3, -0.25) is 4.79 Å².